The standard InChI is InChI=1S/C14H17F3N2O2/c1-9(2)21-8-12(20)7-19-11-4-3-10(6-18)13(5-11)14(15,16)17/h3-5,9,12,19-20H,7-8H2,1-2H3. The van der Waals surface area contributed by atoms with Crippen LogP contribution in [0, 0.1) is 11.3 Å². The van der Waals surface area contributed by atoms with E-state index < -0.39 is 23.4 Å². The first-order valence-electron chi connectivity index (χ1n) is 6.39. The van der Waals surface area contributed by atoms with Gasteiger partial charge in [-0.05, 0) is 32.0 Å². The topological polar surface area (TPSA) is 65.3 Å². The largest absolute Gasteiger partial charge is 0.417 e. The van der Waals surface area contributed by atoms with Crippen LogP contribution in [0.4, 0.5) is 18.9 Å². The van der Waals surface area contributed by atoms with Gasteiger partial charge in [-0.15, -0.1) is 0 Å². The second kappa shape index (κ2) is 7.29. The Labute approximate surface area is 121 Å². The lowest BCUT2D eigenvalue weighted by atomic mass is 10.1. The number of rotatable bonds is 6. The van der Waals surface area contributed by atoms with Crippen LogP contribution in [0.3, 0.4) is 0 Å². The van der Waals surface area contributed by atoms with E-state index in [0.29, 0.717) is 0 Å². The lowest BCUT2D eigenvalue weighted by Crippen LogP contribution is -2.26. The molecule has 0 amide bonds. The summed E-state index contributed by atoms with van der Waals surface area (Å²) in [6.07, 6.45) is -5.47. The molecule has 4 nitrogen and oxygen atoms in total. The minimum atomic E-state index is -4.60. The minimum absolute atomic E-state index is 0.0357. The highest BCUT2D eigenvalue weighted by Gasteiger charge is 2.33. The smallest absolute Gasteiger partial charge is 0.389 e. The number of hydrogen-bond acceptors (Lipinski definition) is 4. The first-order valence-corrected chi connectivity index (χ1v) is 6.39. The van der Waals surface area contributed by atoms with Crippen LogP contribution in [0.25, 0.3) is 0 Å². The molecular formula is C14H17F3N2O2. The molecule has 0 saturated heterocycles. The fourth-order valence-electron chi connectivity index (χ4n) is 1.58. The highest BCUT2D eigenvalue weighted by molar-refractivity contribution is 5.53. The molecular weight excluding hydrogens is 285 g/mol. The van der Waals surface area contributed by atoms with Gasteiger partial charge in [0.1, 0.15) is 0 Å². The van der Waals surface area contributed by atoms with Crippen molar-refractivity contribution in [2.24, 2.45) is 0 Å². The minimum Gasteiger partial charge on any atom is -0.389 e. The molecule has 116 valence electrons. The van der Waals surface area contributed by atoms with Gasteiger partial charge in [0.05, 0.1) is 36.0 Å². The van der Waals surface area contributed by atoms with Crippen molar-refractivity contribution < 1.29 is 23.0 Å². The quantitative estimate of drug-likeness (QED) is 0.848. The normalized spacial score (nSPS) is 13.0. The van der Waals surface area contributed by atoms with Crippen molar-refractivity contribution in [3.63, 3.8) is 0 Å². The molecule has 0 aromatic heterocycles. The van der Waals surface area contributed by atoms with Crippen molar-refractivity contribution in [3.8, 4) is 6.07 Å². The third-order valence-electron chi connectivity index (χ3n) is 2.61. The molecule has 0 bridgehead atoms. The van der Waals surface area contributed by atoms with Crippen LogP contribution in [0.2, 0.25) is 0 Å². The zero-order valence-corrected chi connectivity index (χ0v) is 11.7. The number of anilines is 1. The molecule has 0 aliphatic heterocycles. The van der Waals surface area contributed by atoms with Gasteiger partial charge in [0.25, 0.3) is 0 Å². The van der Waals surface area contributed by atoms with Crippen molar-refractivity contribution in [3.05, 3.63) is 29.3 Å². The summed E-state index contributed by atoms with van der Waals surface area (Å²) in [6.45, 7) is 3.77. The Morgan fingerprint density at radius 1 is 1.38 bits per heavy atom. The van der Waals surface area contributed by atoms with Crippen molar-refractivity contribution in [1.29, 1.82) is 5.26 Å². The Balaban J connectivity index is 2.71. The predicted octanol–water partition coefficient (Wildman–Crippen LogP) is 2.77. The van der Waals surface area contributed by atoms with Gasteiger partial charge in [0.2, 0.25) is 0 Å². The van der Waals surface area contributed by atoms with Crippen LogP contribution in [-0.2, 0) is 10.9 Å². The van der Waals surface area contributed by atoms with Crippen LogP contribution in [0.1, 0.15) is 25.0 Å². The Morgan fingerprint density at radius 2 is 2.05 bits per heavy atom. The summed E-state index contributed by atoms with van der Waals surface area (Å²) < 4.78 is 43.5. The molecule has 21 heavy (non-hydrogen) atoms. The molecule has 1 rings (SSSR count). The molecule has 0 heterocycles. The van der Waals surface area contributed by atoms with Gasteiger partial charge in [-0.3, -0.25) is 0 Å². The fraction of sp³-hybridized carbons (Fsp3) is 0.500. The van der Waals surface area contributed by atoms with E-state index in [4.69, 9.17) is 10.00 Å². The van der Waals surface area contributed by atoms with Gasteiger partial charge in [0.15, 0.2) is 0 Å². The third-order valence-corrected chi connectivity index (χ3v) is 2.61. The van der Waals surface area contributed by atoms with E-state index in [1.165, 1.54) is 12.1 Å². The molecule has 0 fully saturated rings. The van der Waals surface area contributed by atoms with E-state index in [9.17, 15) is 18.3 Å². The number of halogens is 3. The van der Waals surface area contributed by atoms with E-state index >= 15 is 0 Å². The summed E-state index contributed by atoms with van der Waals surface area (Å²) in [7, 11) is 0. The average Bonchev–Trinajstić information content (AvgIpc) is 2.41. The summed E-state index contributed by atoms with van der Waals surface area (Å²) in [4.78, 5) is 0. The molecule has 1 unspecified atom stereocenters. The zero-order chi connectivity index (χ0) is 16.0. The maximum Gasteiger partial charge on any atom is 0.417 e. The van der Waals surface area contributed by atoms with Gasteiger partial charge < -0.3 is 15.2 Å². The molecule has 1 aromatic carbocycles. The van der Waals surface area contributed by atoms with Crippen molar-refractivity contribution >= 4 is 5.69 Å². The second-order valence-electron chi connectivity index (χ2n) is 4.79. The van der Waals surface area contributed by atoms with Crippen LogP contribution >= 0.6 is 0 Å². The molecule has 0 spiro atoms. The number of aliphatic hydroxyl groups excluding tert-OH is 1. The van der Waals surface area contributed by atoms with Crippen LogP contribution in [0.5, 0.6) is 0 Å². The molecule has 0 radical (unpaired) electrons. The Bertz CT molecular complexity index is 510. The lowest BCUT2D eigenvalue weighted by molar-refractivity contribution is -0.137. The summed E-state index contributed by atoms with van der Waals surface area (Å²) in [5.74, 6) is 0. The van der Waals surface area contributed by atoms with Crippen molar-refractivity contribution in [2.45, 2.75) is 32.2 Å². The maximum absolute atomic E-state index is 12.8. The number of nitrogens with zero attached hydrogens (tertiary/aromatic N) is 1. The number of benzene rings is 1. The zero-order valence-electron chi connectivity index (χ0n) is 11.7. The van der Waals surface area contributed by atoms with Gasteiger partial charge in [-0.25, -0.2) is 0 Å². The first-order chi connectivity index (χ1) is 9.74. The van der Waals surface area contributed by atoms with Gasteiger partial charge in [-0.1, -0.05) is 0 Å². The maximum atomic E-state index is 12.8. The Morgan fingerprint density at radius 3 is 2.57 bits per heavy atom. The molecule has 1 atom stereocenters. The van der Waals surface area contributed by atoms with E-state index in [1.54, 1.807) is 0 Å². The van der Waals surface area contributed by atoms with Crippen LogP contribution < -0.4 is 5.32 Å². The van der Waals surface area contributed by atoms with Crippen LogP contribution in [0.15, 0.2) is 18.2 Å². The summed E-state index contributed by atoms with van der Waals surface area (Å²) in [5, 5.41) is 21.0. The number of nitrogens with one attached hydrogen (secondary N) is 1. The number of nitriles is 1. The van der Waals surface area contributed by atoms with E-state index in [2.05, 4.69) is 5.32 Å². The molecule has 1 aromatic rings. The highest BCUT2D eigenvalue weighted by atomic mass is 19.4. The summed E-state index contributed by atoms with van der Waals surface area (Å²) in [5.41, 5.74) is -1.25. The average molecular weight is 302 g/mol. The predicted molar refractivity (Wildman–Crippen MR) is 71.7 cm³/mol. The molecule has 0 aliphatic rings. The second-order valence-corrected chi connectivity index (χ2v) is 4.79. The number of hydrogen-bond donors (Lipinski definition) is 2. The molecule has 0 aliphatic carbocycles. The van der Waals surface area contributed by atoms with E-state index in [1.807, 2.05) is 13.8 Å². The van der Waals surface area contributed by atoms with Gasteiger partial charge in [0, 0.05) is 12.2 Å². The van der Waals surface area contributed by atoms with E-state index in [0.717, 1.165) is 12.1 Å². The van der Waals surface area contributed by atoms with E-state index in [-0.39, 0.29) is 24.9 Å². The SMILES string of the molecule is CC(C)OCC(O)CNc1ccc(C#N)c(C(F)(F)F)c1. The number of alkyl halides is 3. The lowest BCUT2D eigenvalue weighted by Gasteiger charge is -2.16. The van der Waals surface area contributed by atoms with Crippen LogP contribution in [-0.4, -0.2) is 30.5 Å². The highest BCUT2D eigenvalue weighted by Crippen LogP contribution is 2.33. The van der Waals surface area contributed by atoms with Crippen molar-refractivity contribution in [1.82, 2.24) is 0 Å². The van der Waals surface area contributed by atoms with Gasteiger partial charge >= 0.3 is 6.18 Å². The summed E-state index contributed by atoms with van der Waals surface area (Å²) >= 11 is 0. The molecule has 7 heteroatoms. The molecule has 2 N–H and O–H groups in total. The molecule has 0 saturated carbocycles. The monoisotopic (exact) mass is 302 g/mol. The van der Waals surface area contributed by atoms with Gasteiger partial charge in [-0.2, -0.15) is 18.4 Å². The Kier molecular flexibility index (Phi) is 6.00. The third kappa shape index (κ3) is 5.61. The summed E-state index contributed by atoms with van der Waals surface area (Å²) in [6, 6.07) is 4.83. The first kappa shape index (κ1) is 17.3. The Hall–Kier alpha value is -1.78. The number of aliphatic hydroxyl groups is 1. The fourth-order valence-corrected chi connectivity index (χ4v) is 1.58. The van der Waals surface area contributed by atoms with Crippen molar-refractivity contribution in [2.75, 3.05) is 18.5 Å². The number of ether oxygens (including phenoxy) is 1.